The molecule has 774 valence electrons. The summed E-state index contributed by atoms with van der Waals surface area (Å²) in [5, 5.41) is 16.1. The van der Waals surface area contributed by atoms with Crippen LogP contribution < -0.4 is 0 Å². The van der Waals surface area contributed by atoms with E-state index in [4.69, 9.17) is 24.4 Å². The van der Waals surface area contributed by atoms with Crippen LogP contribution in [0.15, 0.2) is 141 Å². The number of hydrogen-bond donors (Lipinski definition) is 1. The van der Waals surface area contributed by atoms with Crippen LogP contribution in [0.5, 0.6) is 0 Å². The quantitative estimate of drug-likeness (QED) is 0.0222. The van der Waals surface area contributed by atoms with E-state index in [0.29, 0.717) is 80.4 Å². The maximum absolute atomic E-state index is 16.4. The van der Waals surface area contributed by atoms with Gasteiger partial charge in [0.25, 0.3) is 29.5 Å². The summed E-state index contributed by atoms with van der Waals surface area (Å²) in [6, 6.07) is 40.8. The maximum Gasteiger partial charge on any atom is 0.266 e. The lowest BCUT2D eigenvalue weighted by Crippen LogP contribution is -2.36. The number of aromatic nitrogens is 1. The fourth-order valence-corrected chi connectivity index (χ4v) is 31.3. The molecule has 9 aromatic rings. The highest BCUT2D eigenvalue weighted by molar-refractivity contribution is 8.27. The fraction of sp³-hybridized carbons (Fsp3) is 0.545. The Morgan fingerprint density at radius 2 is 0.618 bits per heavy atom. The highest BCUT2D eigenvalue weighted by atomic mass is 32.2. The van der Waals surface area contributed by atoms with Crippen LogP contribution in [-0.4, -0.2) is 123 Å². The van der Waals surface area contributed by atoms with Gasteiger partial charge in [-0.3, -0.25) is 33.8 Å². The standard InChI is InChI=1S/C121H159N7O6S10/c1-13-25-33-37-41-45-53-87(54-46-42-38-34-26-14-2)128-92-73-85(94-63-67-100(139-94)110-106-108(118(133)124(110)77-81(21-9)49-29-17-5)112(126(116(106)131)79-83(23-11)51-31-19-7)102-69-65-98(141-102)96-61-57-88(137-96)75-104-114(129)122(120(135)143-104)71-47-43-39-35-27-15-3)55-59-90(92)91-60-56-86(74-93(91)128)95-64-68-101(140-95)111-107-109(119(134)125(111)78-82(22-10)50-30-18-6)113(127(117(107)132)80-84(24-12)52-32-20-8)103-70-66-99(142-103)97-62-58-89(138-97)76-105-115(130)123(121(136)144-105)72-48-44-40-36-28-16-4/h55-70,73-76,81-84,87,118,133H,13-54,71-72,77-80H2,1-12H3/b104-75+,105-76+. The van der Waals surface area contributed by atoms with E-state index < -0.39 is 6.23 Å². The zero-order chi connectivity index (χ0) is 101. The van der Waals surface area contributed by atoms with Gasteiger partial charge in [0.2, 0.25) is 0 Å². The van der Waals surface area contributed by atoms with Gasteiger partial charge in [-0.05, 0) is 183 Å². The molecule has 0 saturated carbocycles. The van der Waals surface area contributed by atoms with Crippen molar-refractivity contribution in [3.05, 3.63) is 171 Å². The summed E-state index contributed by atoms with van der Waals surface area (Å²) >= 11 is 24.5. The van der Waals surface area contributed by atoms with Gasteiger partial charge < -0.3 is 29.3 Å². The van der Waals surface area contributed by atoms with E-state index >= 15 is 14.4 Å². The number of hydrogen-bond acceptors (Lipinski definition) is 17. The summed E-state index contributed by atoms with van der Waals surface area (Å²) in [7, 11) is 0. The van der Waals surface area contributed by atoms with Crippen molar-refractivity contribution >= 4 is 211 Å². The van der Waals surface area contributed by atoms with Crippen molar-refractivity contribution in [2.75, 3.05) is 39.3 Å². The molecular formula is C121H159N7O6S10. The van der Waals surface area contributed by atoms with Gasteiger partial charge in [0.15, 0.2) is 6.23 Å². The van der Waals surface area contributed by atoms with Crippen LogP contribution in [-0.2, 0) is 24.0 Å². The zero-order valence-electron chi connectivity index (χ0n) is 88.2. The second-order valence-electron chi connectivity index (χ2n) is 41.2. The topological polar surface area (TPSA) is 130 Å². The lowest BCUT2D eigenvalue weighted by Gasteiger charge is -2.32. The minimum atomic E-state index is -1.05. The summed E-state index contributed by atoms with van der Waals surface area (Å²) in [5.41, 5.74) is 10.3. The minimum Gasteiger partial charge on any atom is -0.369 e. The first-order chi connectivity index (χ1) is 70.3. The van der Waals surface area contributed by atoms with E-state index in [1.54, 1.807) is 77.8 Å². The van der Waals surface area contributed by atoms with Gasteiger partial charge in [-0.2, -0.15) is 0 Å². The number of fused-ring (bicyclic) bond motifs is 5. The number of thiophene rings is 6. The van der Waals surface area contributed by atoms with E-state index in [0.717, 1.165) is 252 Å². The molecule has 5 amide bonds. The maximum atomic E-state index is 16.4. The Bertz CT molecular complexity index is 6110. The number of amides is 5. The number of nitrogens with zero attached hydrogens (tertiary/aromatic N) is 7. The normalized spacial score (nSPS) is 17.3. The second kappa shape index (κ2) is 54.5. The van der Waals surface area contributed by atoms with Gasteiger partial charge in [-0.15, -0.1) is 68.0 Å². The smallest absolute Gasteiger partial charge is 0.266 e. The van der Waals surface area contributed by atoms with Crippen molar-refractivity contribution in [2.24, 2.45) is 23.7 Å². The largest absolute Gasteiger partial charge is 0.369 e. The number of aliphatic hydroxyl groups excluding tert-OH is 1. The van der Waals surface area contributed by atoms with Crippen LogP contribution in [0.4, 0.5) is 0 Å². The van der Waals surface area contributed by atoms with Crippen LogP contribution in [0.3, 0.4) is 0 Å². The minimum absolute atomic E-state index is 0.00460. The molecule has 0 bridgehead atoms. The summed E-state index contributed by atoms with van der Waals surface area (Å²) in [6.45, 7) is 30.7. The molecule has 5 atom stereocenters. The molecule has 13 nitrogen and oxygen atoms in total. The van der Waals surface area contributed by atoms with E-state index in [1.165, 1.54) is 161 Å². The molecule has 0 radical (unpaired) electrons. The molecule has 2 fully saturated rings. The molecule has 1 N–H and O–H groups in total. The first kappa shape index (κ1) is 111. The third-order valence-electron chi connectivity index (χ3n) is 30.8. The molecule has 5 unspecified atom stereocenters. The second-order valence-corrected chi connectivity index (χ2v) is 51.2. The highest BCUT2D eigenvalue weighted by Crippen LogP contribution is 2.56. The van der Waals surface area contributed by atoms with E-state index in [-0.39, 0.29) is 53.3 Å². The van der Waals surface area contributed by atoms with Crippen molar-refractivity contribution in [3.8, 4) is 40.4 Å². The van der Waals surface area contributed by atoms with Gasteiger partial charge in [-0.1, -0.05) is 374 Å². The third kappa shape index (κ3) is 26.0. The lowest BCUT2D eigenvalue weighted by molar-refractivity contribution is -0.124. The van der Waals surface area contributed by atoms with Crippen molar-refractivity contribution in [3.63, 3.8) is 0 Å². The van der Waals surface area contributed by atoms with Gasteiger partial charge >= 0.3 is 0 Å². The monoisotopic (exact) mass is 2130 g/mol. The first-order valence-electron chi connectivity index (χ1n) is 55.9. The van der Waals surface area contributed by atoms with Crippen molar-refractivity contribution in [2.45, 2.75) is 365 Å². The van der Waals surface area contributed by atoms with Crippen molar-refractivity contribution < 1.29 is 29.1 Å². The molecule has 13 heterocycles. The summed E-state index contributed by atoms with van der Waals surface area (Å²) < 4.78 is 4.02. The molecule has 6 aliphatic heterocycles. The predicted molar refractivity (Wildman–Crippen MR) is 632 cm³/mol. The number of thiocarbonyl (C=S) groups is 2. The number of rotatable bonds is 63. The molecule has 6 aliphatic rings. The van der Waals surface area contributed by atoms with Crippen molar-refractivity contribution in [1.29, 1.82) is 0 Å². The number of unbranched alkanes of at least 4 members (excludes halogenated alkanes) is 24. The Morgan fingerprint density at radius 3 is 1.01 bits per heavy atom. The summed E-state index contributed by atoms with van der Waals surface area (Å²) in [6.07, 6.45) is 49.8. The van der Waals surface area contributed by atoms with E-state index in [1.807, 2.05) is 22.0 Å². The third-order valence-corrected chi connectivity index (χ3v) is 40.5. The SMILES string of the molecule is CCCCCCCCC(CCCCCCCC)n1c2cc(-c3ccc(C4=C5C(=O)N(CC(CC)CCCC)C(c6ccc(-c7ccc(/C=C8/SC(=S)N(CCCCCCCC)C8=O)s7)s6)=C5C(=O)N4CC(CC)CCCC)s3)ccc2c2ccc(-c3ccc(C4=C5C(=O)N(CC(CC)CCCC)C(c6ccc(-c7ccc(/C=C8/SC(=S)N(CCCCCCCC)C8=O)s7)s6)=C5C(O)N4CC(CC)CCCC)s3)cc21. The Balaban J connectivity index is 0.813. The van der Waals surface area contributed by atoms with Crippen LogP contribution >= 0.6 is 116 Å². The average molecular weight is 2130 g/mol. The highest BCUT2D eigenvalue weighted by Gasteiger charge is 2.53. The fourth-order valence-electron chi connectivity index (χ4n) is 22.2. The molecular weight excluding hydrogens is 1970 g/mol. The number of thioether (sulfide) groups is 2. The number of carbonyl (C=O) groups excluding carboxylic acids is 5. The molecule has 144 heavy (non-hydrogen) atoms. The Labute approximate surface area is 904 Å². The van der Waals surface area contributed by atoms with Crippen LogP contribution in [0.2, 0.25) is 0 Å². The van der Waals surface area contributed by atoms with Crippen molar-refractivity contribution in [1.82, 2.24) is 34.0 Å². The van der Waals surface area contributed by atoms with Gasteiger partial charge in [0, 0.05) is 101 Å². The zero-order valence-corrected chi connectivity index (χ0v) is 96.3. The Morgan fingerprint density at radius 1 is 0.306 bits per heavy atom. The molecule has 23 heteroatoms. The van der Waals surface area contributed by atoms with E-state index in [9.17, 15) is 14.7 Å². The molecule has 2 aromatic carbocycles. The van der Waals surface area contributed by atoms with Crippen LogP contribution in [0.25, 0.3) is 97.1 Å². The molecule has 7 aromatic heterocycles. The van der Waals surface area contributed by atoms with Gasteiger partial charge in [-0.25, -0.2) is 0 Å². The molecule has 0 spiro atoms. The van der Waals surface area contributed by atoms with Crippen LogP contribution in [0.1, 0.15) is 388 Å². The van der Waals surface area contributed by atoms with Gasteiger partial charge in [0.1, 0.15) is 8.64 Å². The predicted octanol–water partition coefficient (Wildman–Crippen LogP) is 36.3. The summed E-state index contributed by atoms with van der Waals surface area (Å²) in [4.78, 5) is 102. The first-order valence-corrected chi connectivity index (χ1v) is 63.2. The number of benzene rings is 2. The van der Waals surface area contributed by atoms with Crippen LogP contribution in [0, 0.1) is 23.7 Å². The summed E-state index contributed by atoms with van der Waals surface area (Å²) in [5.74, 6) is 0.820. The lowest BCUT2D eigenvalue weighted by atomic mass is 9.98. The Kier molecular flexibility index (Phi) is 42.0. The van der Waals surface area contributed by atoms with E-state index in [2.05, 4.69) is 207 Å². The van der Waals surface area contributed by atoms with Gasteiger partial charge in [0.05, 0.1) is 79.9 Å². The number of carbonyl (C=O) groups is 5. The molecule has 15 rings (SSSR count). The average Bonchev–Trinajstić information content (AvgIpc) is 1.55. The molecule has 2 saturated heterocycles. The number of aliphatic hydroxyl groups is 1. The molecule has 0 aliphatic carbocycles. The Hall–Kier alpha value is -7.13.